The van der Waals surface area contributed by atoms with Gasteiger partial charge in [-0.2, -0.15) is 11.8 Å². The summed E-state index contributed by atoms with van der Waals surface area (Å²) >= 11 is 8.23. The first-order chi connectivity index (χ1) is 9.29. The zero-order valence-corrected chi connectivity index (χ0v) is 15.5. The molecule has 1 fully saturated rings. The average Bonchev–Trinajstić information content (AvgIpc) is 2.35. The first kappa shape index (κ1) is 16.3. The molecular weight excluding hydrogens is 430 g/mol. The Morgan fingerprint density at radius 2 is 1.90 bits per heavy atom. The van der Waals surface area contributed by atoms with Crippen LogP contribution in [0.25, 0.3) is 0 Å². The van der Waals surface area contributed by atoms with E-state index in [4.69, 9.17) is 0 Å². The molecule has 1 amide bonds. The van der Waals surface area contributed by atoms with Gasteiger partial charge in [0.25, 0.3) is 5.91 Å². The molecule has 1 saturated heterocycles. The highest BCUT2D eigenvalue weighted by Gasteiger charge is 2.34. The van der Waals surface area contributed by atoms with Crippen molar-refractivity contribution in [2.45, 2.75) is 5.37 Å². The van der Waals surface area contributed by atoms with Crippen LogP contribution in [0.5, 0.6) is 0 Å². The van der Waals surface area contributed by atoms with E-state index in [0.717, 1.165) is 14.7 Å². The van der Waals surface area contributed by atoms with Crippen molar-refractivity contribution in [2.75, 3.05) is 24.3 Å². The van der Waals surface area contributed by atoms with Crippen LogP contribution < -0.4 is 0 Å². The molecular formula is C12H13Br2NO3S2. The van der Waals surface area contributed by atoms with Crippen molar-refractivity contribution in [3.05, 3.63) is 32.7 Å². The third kappa shape index (κ3) is 3.78. The fraction of sp³-hybridized carbons (Fsp3) is 0.417. The van der Waals surface area contributed by atoms with Gasteiger partial charge in [-0.25, -0.2) is 8.42 Å². The van der Waals surface area contributed by atoms with Crippen LogP contribution in [0.3, 0.4) is 0 Å². The van der Waals surface area contributed by atoms with Crippen LogP contribution in [-0.4, -0.2) is 48.9 Å². The van der Waals surface area contributed by atoms with Crippen molar-refractivity contribution in [1.29, 1.82) is 0 Å². The molecule has 0 radical (unpaired) electrons. The SMILES string of the molecule is CS(=O)(=O)C1CSCCN1C(=O)c1cc(Br)cc(Br)c1. The standard InChI is InChI=1S/C12H13Br2NO3S2/c1-20(17,18)11-7-19-3-2-15(11)12(16)8-4-9(13)6-10(14)5-8/h4-6,11H,2-3,7H2,1H3. The number of halogens is 2. The number of hydrogen-bond donors (Lipinski definition) is 0. The Balaban J connectivity index is 2.35. The first-order valence-electron chi connectivity index (χ1n) is 5.83. The van der Waals surface area contributed by atoms with Crippen molar-refractivity contribution in [3.63, 3.8) is 0 Å². The lowest BCUT2D eigenvalue weighted by Gasteiger charge is -2.34. The number of hydrogen-bond acceptors (Lipinski definition) is 4. The monoisotopic (exact) mass is 441 g/mol. The fourth-order valence-corrected chi connectivity index (χ4v) is 6.12. The zero-order chi connectivity index (χ0) is 14.9. The normalized spacial score (nSPS) is 19.9. The smallest absolute Gasteiger partial charge is 0.255 e. The lowest BCUT2D eigenvalue weighted by atomic mass is 10.2. The Kier molecular flexibility index (Phi) is 5.20. The molecule has 1 aliphatic heterocycles. The summed E-state index contributed by atoms with van der Waals surface area (Å²) < 4.78 is 25.2. The number of thioether (sulfide) groups is 1. The molecule has 1 atom stereocenters. The second-order valence-electron chi connectivity index (χ2n) is 4.52. The Labute approximate surface area is 139 Å². The first-order valence-corrected chi connectivity index (χ1v) is 10.5. The van der Waals surface area contributed by atoms with Gasteiger partial charge in [0.1, 0.15) is 5.37 Å². The highest BCUT2D eigenvalue weighted by atomic mass is 79.9. The molecule has 1 aliphatic rings. The van der Waals surface area contributed by atoms with Gasteiger partial charge in [0, 0.05) is 38.8 Å². The summed E-state index contributed by atoms with van der Waals surface area (Å²) in [7, 11) is -3.29. The van der Waals surface area contributed by atoms with Crippen molar-refractivity contribution in [2.24, 2.45) is 0 Å². The Bertz CT molecular complexity index is 613. The zero-order valence-electron chi connectivity index (χ0n) is 10.7. The molecule has 2 rings (SSSR count). The second-order valence-corrected chi connectivity index (χ2v) is 9.70. The molecule has 0 N–H and O–H groups in total. The maximum absolute atomic E-state index is 12.6. The lowest BCUT2D eigenvalue weighted by molar-refractivity contribution is 0.0749. The van der Waals surface area contributed by atoms with E-state index in [-0.39, 0.29) is 5.91 Å². The molecule has 0 aromatic heterocycles. The van der Waals surface area contributed by atoms with Crippen LogP contribution in [-0.2, 0) is 9.84 Å². The van der Waals surface area contributed by atoms with Gasteiger partial charge in [-0.05, 0) is 18.2 Å². The van der Waals surface area contributed by atoms with E-state index < -0.39 is 15.2 Å². The van der Waals surface area contributed by atoms with Crippen LogP contribution in [0.4, 0.5) is 0 Å². The number of carbonyl (C=O) groups is 1. The molecule has 0 aliphatic carbocycles. The number of benzene rings is 1. The van der Waals surface area contributed by atoms with Gasteiger partial charge in [0.15, 0.2) is 9.84 Å². The predicted octanol–water partition coefficient (Wildman–Crippen LogP) is 2.77. The van der Waals surface area contributed by atoms with Crippen LogP contribution in [0.2, 0.25) is 0 Å². The number of nitrogens with zero attached hydrogens (tertiary/aromatic N) is 1. The van der Waals surface area contributed by atoms with Crippen molar-refractivity contribution in [3.8, 4) is 0 Å². The van der Waals surface area contributed by atoms with Gasteiger partial charge in [-0.3, -0.25) is 4.79 Å². The summed E-state index contributed by atoms with van der Waals surface area (Å²) in [5.74, 6) is 0.940. The molecule has 20 heavy (non-hydrogen) atoms. The summed E-state index contributed by atoms with van der Waals surface area (Å²) in [6.45, 7) is 0.450. The molecule has 8 heteroatoms. The summed E-state index contributed by atoms with van der Waals surface area (Å²) in [5.41, 5.74) is 0.479. The third-order valence-electron chi connectivity index (χ3n) is 2.95. The van der Waals surface area contributed by atoms with E-state index in [1.54, 1.807) is 23.9 Å². The van der Waals surface area contributed by atoms with Gasteiger partial charge in [-0.15, -0.1) is 0 Å². The highest BCUT2D eigenvalue weighted by Crippen LogP contribution is 2.25. The predicted molar refractivity (Wildman–Crippen MR) is 88.8 cm³/mol. The minimum absolute atomic E-state index is 0.247. The van der Waals surface area contributed by atoms with E-state index in [2.05, 4.69) is 31.9 Å². The molecule has 1 unspecified atom stereocenters. The summed E-state index contributed by atoms with van der Waals surface area (Å²) in [5, 5.41) is -0.744. The Morgan fingerprint density at radius 1 is 1.30 bits per heavy atom. The average molecular weight is 443 g/mol. The topological polar surface area (TPSA) is 54.5 Å². The molecule has 110 valence electrons. The minimum Gasteiger partial charge on any atom is -0.320 e. The summed E-state index contributed by atoms with van der Waals surface area (Å²) in [6, 6.07) is 5.24. The molecule has 1 heterocycles. The van der Waals surface area contributed by atoms with Gasteiger partial charge < -0.3 is 4.90 Å². The maximum atomic E-state index is 12.6. The number of amides is 1. The lowest BCUT2D eigenvalue weighted by Crippen LogP contribution is -2.49. The minimum atomic E-state index is -3.29. The molecule has 0 bridgehead atoms. The number of carbonyl (C=O) groups excluding carboxylic acids is 1. The molecule has 4 nitrogen and oxygen atoms in total. The van der Waals surface area contributed by atoms with Gasteiger partial charge in [0.2, 0.25) is 0 Å². The number of rotatable bonds is 2. The quantitative estimate of drug-likeness (QED) is 0.706. The number of sulfone groups is 1. The van der Waals surface area contributed by atoms with E-state index in [9.17, 15) is 13.2 Å². The Hall–Kier alpha value is -0.0500. The second kappa shape index (κ2) is 6.37. The van der Waals surface area contributed by atoms with Crippen LogP contribution >= 0.6 is 43.6 Å². The molecule has 1 aromatic carbocycles. The van der Waals surface area contributed by atoms with Crippen molar-refractivity contribution >= 4 is 59.4 Å². The van der Waals surface area contributed by atoms with Gasteiger partial charge >= 0.3 is 0 Å². The van der Waals surface area contributed by atoms with E-state index in [1.165, 1.54) is 11.2 Å². The van der Waals surface area contributed by atoms with E-state index in [1.807, 2.05) is 6.07 Å². The van der Waals surface area contributed by atoms with Crippen LogP contribution in [0.1, 0.15) is 10.4 Å². The molecule has 1 aromatic rings. The summed E-state index contributed by atoms with van der Waals surface area (Å²) in [6.07, 6.45) is 1.18. The van der Waals surface area contributed by atoms with Crippen LogP contribution in [0, 0.1) is 0 Å². The highest BCUT2D eigenvalue weighted by molar-refractivity contribution is 9.11. The summed E-state index contributed by atoms with van der Waals surface area (Å²) in [4.78, 5) is 14.0. The maximum Gasteiger partial charge on any atom is 0.255 e. The largest absolute Gasteiger partial charge is 0.320 e. The van der Waals surface area contributed by atoms with Gasteiger partial charge in [-0.1, -0.05) is 31.9 Å². The molecule has 0 saturated carbocycles. The van der Waals surface area contributed by atoms with E-state index >= 15 is 0 Å². The van der Waals surface area contributed by atoms with Gasteiger partial charge in [0.05, 0.1) is 0 Å². The Morgan fingerprint density at radius 3 is 2.45 bits per heavy atom. The van der Waals surface area contributed by atoms with Crippen molar-refractivity contribution < 1.29 is 13.2 Å². The van der Waals surface area contributed by atoms with Crippen molar-refractivity contribution in [1.82, 2.24) is 4.90 Å². The third-order valence-corrected chi connectivity index (χ3v) is 6.51. The van der Waals surface area contributed by atoms with Crippen LogP contribution in [0.15, 0.2) is 27.1 Å². The fourth-order valence-electron chi connectivity index (χ4n) is 2.01. The van der Waals surface area contributed by atoms with E-state index in [0.29, 0.717) is 17.9 Å². The molecule has 0 spiro atoms.